The van der Waals surface area contributed by atoms with Gasteiger partial charge in [0.05, 0.1) is 0 Å². The van der Waals surface area contributed by atoms with Crippen LogP contribution in [-0.2, 0) is 4.79 Å². The summed E-state index contributed by atoms with van der Waals surface area (Å²) in [4.78, 5) is 31.1. The van der Waals surface area contributed by atoms with Gasteiger partial charge in [-0.05, 0) is 43.5 Å². The fourth-order valence-corrected chi connectivity index (χ4v) is 4.26. The molecule has 1 heterocycles. The van der Waals surface area contributed by atoms with E-state index in [1.165, 1.54) is 19.3 Å². The van der Waals surface area contributed by atoms with Crippen LogP contribution in [0.1, 0.15) is 48.9 Å². The van der Waals surface area contributed by atoms with E-state index in [-0.39, 0.29) is 17.9 Å². The quantitative estimate of drug-likeness (QED) is 0.365. The van der Waals surface area contributed by atoms with Crippen molar-refractivity contribution in [3.63, 3.8) is 0 Å². The van der Waals surface area contributed by atoms with Gasteiger partial charge in [-0.1, -0.05) is 30.9 Å². The van der Waals surface area contributed by atoms with Crippen LogP contribution in [0.5, 0.6) is 0 Å². The highest BCUT2D eigenvalue weighted by Crippen LogP contribution is 2.26. The molecule has 3 rings (SSSR count). The molecule has 1 saturated carbocycles. The number of hydrogen-bond acceptors (Lipinski definition) is 3. The lowest BCUT2D eigenvalue weighted by molar-refractivity contribution is -0.135. The molecule has 1 aliphatic heterocycles. The first-order valence-corrected chi connectivity index (χ1v) is 11.2. The lowest BCUT2D eigenvalue weighted by atomic mass is 9.88. The SMILES string of the molecule is CN=C(NCCNC(=O)c1ccc(Cl)cc1)NC1CCN(C(=O)C2CCCCC2)C1. The van der Waals surface area contributed by atoms with E-state index in [2.05, 4.69) is 20.9 Å². The third kappa shape index (κ3) is 6.36. The second kappa shape index (κ2) is 11.2. The largest absolute Gasteiger partial charge is 0.355 e. The molecule has 2 fully saturated rings. The van der Waals surface area contributed by atoms with Crippen LogP contribution >= 0.6 is 11.6 Å². The Morgan fingerprint density at radius 2 is 1.77 bits per heavy atom. The van der Waals surface area contributed by atoms with E-state index in [1.807, 2.05) is 4.90 Å². The lowest BCUT2D eigenvalue weighted by Gasteiger charge is -2.26. The number of rotatable bonds is 6. The molecule has 0 aromatic heterocycles. The Morgan fingerprint density at radius 1 is 1.07 bits per heavy atom. The van der Waals surface area contributed by atoms with Crippen LogP contribution in [0.15, 0.2) is 29.3 Å². The molecular formula is C22H32ClN5O2. The summed E-state index contributed by atoms with van der Waals surface area (Å²) in [6.07, 6.45) is 6.62. The minimum Gasteiger partial charge on any atom is -0.355 e. The average Bonchev–Trinajstić information content (AvgIpc) is 3.24. The van der Waals surface area contributed by atoms with Crippen molar-refractivity contribution in [2.75, 3.05) is 33.2 Å². The lowest BCUT2D eigenvalue weighted by Crippen LogP contribution is -2.47. The fourth-order valence-electron chi connectivity index (χ4n) is 4.13. The van der Waals surface area contributed by atoms with Crippen molar-refractivity contribution in [2.24, 2.45) is 10.9 Å². The third-order valence-corrected chi connectivity index (χ3v) is 6.08. The van der Waals surface area contributed by atoms with E-state index in [0.717, 1.165) is 32.4 Å². The van der Waals surface area contributed by atoms with Gasteiger partial charge in [0.1, 0.15) is 0 Å². The Hall–Kier alpha value is -2.28. The highest BCUT2D eigenvalue weighted by molar-refractivity contribution is 6.30. The summed E-state index contributed by atoms with van der Waals surface area (Å²) in [6.45, 7) is 2.56. The molecule has 3 N–H and O–H groups in total. The Morgan fingerprint density at radius 3 is 2.47 bits per heavy atom. The van der Waals surface area contributed by atoms with Gasteiger partial charge in [0.2, 0.25) is 5.91 Å². The molecule has 0 spiro atoms. The summed E-state index contributed by atoms with van der Waals surface area (Å²) in [5.41, 5.74) is 0.579. The molecule has 2 amide bonds. The maximum absolute atomic E-state index is 12.7. The zero-order valence-electron chi connectivity index (χ0n) is 17.6. The zero-order valence-corrected chi connectivity index (χ0v) is 18.4. The second-order valence-electron chi connectivity index (χ2n) is 8.01. The topological polar surface area (TPSA) is 85.8 Å². The molecule has 1 saturated heterocycles. The van der Waals surface area contributed by atoms with Gasteiger partial charge in [-0.25, -0.2) is 0 Å². The number of benzene rings is 1. The smallest absolute Gasteiger partial charge is 0.251 e. The normalized spacial score (nSPS) is 20.1. The average molecular weight is 434 g/mol. The maximum atomic E-state index is 12.7. The predicted molar refractivity (Wildman–Crippen MR) is 120 cm³/mol. The summed E-state index contributed by atoms with van der Waals surface area (Å²) in [5, 5.41) is 10.1. The first-order chi connectivity index (χ1) is 14.6. The Balaban J connectivity index is 1.36. The van der Waals surface area contributed by atoms with Crippen molar-refractivity contribution < 1.29 is 9.59 Å². The number of guanidine groups is 1. The van der Waals surface area contributed by atoms with Crippen LogP contribution < -0.4 is 16.0 Å². The van der Waals surface area contributed by atoms with Crippen molar-refractivity contribution in [1.82, 2.24) is 20.9 Å². The Labute approximate surface area is 183 Å². The number of likely N-dealkylation sites (tertiary alicyclic amines) is 1. The number of carbonyl (C=O) groups is 2. The molecule has 8 heteroatoms. The minimum atomic E-state index is -0.135. The van der Waals surface area contributed by atoms with E-state index < -0.39 is 0 Å². The summed E-state index contributed by atoms with van der Waals surface area (Å²) in [5.74, 6) is 1.10. The summed E-state index contributed by atoms with van der Waals surface area (Å²) in [6, 6.07) is 7.00. The van der Waals surface area contributed by atoms with E-state index in [9.17, 15) is 9.59 Å². The summed E-state index contributed by atoms with van der Waals surface area (Å²) >= 11 is 5.85. The highest BCUT2D eigenvalue weighted by atomic mass is 35.5. The molecule has 30 heavy (non-hydrogen) atoms. The number of carbonyl (C=O) groups excluding carboxylic acids is 2. The number of halogens is 1. The molecule has 0 bridgehead atoms. The van der Waals surface area contributed by atoms with Crippen molar-refractivity contribution in [3.8, 4) is 0 Å². The van der Waals surface area contributed by atoms with Gasteiger partial charge in [0, 0.05) is 55.8 Å². The van der Waals surface area contributed by atoms with E-state index in [0.29, 0.717) is 35.5 Å². The third-order valence-electron chi connectivity index (χ3n) is 5.83. The monoisotopic (exact) mass is 433 g/mol. The summed E-state index contributed by atoms with van der Waals surface area (Å²) in [7, 11) is 1.72. The molecule has 1 unspecified atom stereocenters. The number of nitrogens with zero attached hydrogens (tertiary/aromatic N) is 2. The molecule has 1 aromatic carbocycles. The molecule has 164 valence electrons. The number of nitrogens with one attached hydrogen (secondary N) is 3. The zero-order chi connectivity index (χ0) is 21.3. The molecule has 1 aliphatic carbocycles. The van der Waals surface area contributed by atoms with Crippen LogP contribution in [0.2, 0.25) is 5.02 Å². The van der Waals surface area contributed by atoms with Crippen LogP contribution in [0.3, 0.4) is 0 Å². The van der Waals surface area contributed by atoms with Crippen molar-refractivity contribution in [1.29, 1.82) is 0 Å². The maximum Gasteiger partial charge on any atom is 0.251 e. The van der Waals surface area contributed by atoms with E-state index >= 15 is 0 Å². The minimum absolute atomic E-state index is 0.135. The number of aliphatic imine (C=N–C) groups is 1. The van der Waals surface area contributed by atoms with Crippen LogP contribution in [-0.4, -0.2) is 61.9 Å². The Bertz CT molecular complexity index is 746. The molecule has 7 nitrogen and oxygen atoms in total. The standard InChI is InChI=1S/C22H32ClN5O2/c1-24-22(26-13-12-25-20(29)16-7-9-18(23)10-8-16)27-19-11-14-28(15-19)21(30)17-5-3-2-4-6-17/h7-10,17,19H,2-6,11-15H2,1H3,(H,25,29)(H2,24,26,27). The van der Waals surface area contributed by atoms with Crippen molar-refractivity contribution >= 4 is 29.4 Å². The van der Waals surface area contributed by atoms with E-state index in [1.54, 1.807) is 31.3 Å². The van der Waals surface area contributed by atoms with Crippen LogP contribution in [0, 0.1) is 5.92 Å². The van der Waals surface area contributed by atoms with Crippen LogP contribution in [0.25, 0.3) is 0 Å². The molecule has 1 atom stereocenters. The summed E-state index contributed by atoms with van der Waals surface area (Å²) < 4.78 is 0. The van der Waals surface area contributed by atoms with Crippen molar-refractivity contribution in [3.05, 3.63) is 34.9 Å². The van der Waals surface area contributed by atoms with Crippen LogP contribution in [0.4, 0.5) is 0 Å². The van der Waals surface area contributed by atoms with Gasteiger partial charge in [0.25, 0.3) is 5.91 Å². The predicted octanol–water partition coefficient (Wildman–Crippen LogP) is 2.42. The van der Waals surface area contributed by atoms with Gasteiger partial charge in [-0.3, -0.25) is 14.6 Å². The molecule has 2 aliphatic rings. The highest BCUT2D eigenvalue weighted by Gasteiger charge is 2.31. The van der Waals surface area contributed by atoms with E-state index in [4.69, 9.17) is 11.6 Å². The fraction of sp³-hybridized carbons (Fsp3) is 0.591. The van der Waals surface area contributed by atoms with Gasteiger partial charge >= 0.3 is 0 Å². The Kier molecular flexibility index (Phi) is 8.37. The number of hydrogen-bond donors (Lipinski definition) is 3. The number of amides is 2. The first kappa shape index (κ1) is 22.4. The molecular weight excluding hydrogens is 402 g/mol. The van der Waals surface area contributed by atoms with Gasteiger partial charge < -0.3 is 20.9 Å². The van der Waals surface area contributed by atoms with Gasteiger partial charge in [-0.15, -0.1) is 0 Å². The molecule has 0 radical (unpaired) electrons. The van der Waals surface area contributed by atoms with Gasteiger partial charge in [0.15, 0.2) is 5.96 Å². The van der Waals surface area contributed by atoms with Crippen molar-refractivity contribution in [2.45, 2.75) is 44.6 Å². The second-order valence-corrected chi connectivity index (χ2v) is 8.45. The first-order valence-electron chi connectivity index (χ1n) is 10.9. The molecule has 1 aromatic rings. The van der Waals surface area contributed by atoms with Gasteiger partial charge in [-0.2, -0.15) is 0 Å².